The van der Waals surface area contributed by atoms with Crippen LogP contribution in [0.15, 0.2) is 23.0 Å². The highest BCUT2D eigenvalue weighted by Gasteiger charge is 2.08. The van der Waals surface area contributed by atoms with E-state index in [9.17, 15) is 4.79 Å². The molecule has 2 rings (SSSR count). The molecule has 2 heterocycles. The van der Waals surface area contributed by atoms with Gasteiger partial charge in [0.1, 0.15) is 11.6 Å². The van der Waals surface area contributed by atoms with E-state index in [1.165, 1.54) is 11.3 Å². The van der Waals surface area contributed by atoms with Gasteiger partial charge in [-0.3, -0.25) is 4.79 Å². The lowest BCUT2D eigenvalue weighted by molar-refractivity contribution is 1.19. The summed E-state index contributed by atoms with van der Waals surface area (Å²) < 4.78 is 0.666. The lowest BCUT2D eigenvalue weighted by atomic mass is 10.1. The van der Waals surface area contributed by atoms with E-state index in [-0.39, 0.29) is 11.1 Å². The first kappa shape index (κ1) is 10.9. The third-order valence-corrected chi connectivity index (χ3v) is 3.43. The second-order valence-electron chi connectivity index (χ2n) is 3.29. The van der Waals surface area contributed by atoms with Crippen molar-refractivity contribution in [3.05, 3.63) is 44.0 Å². The van der Waals surface area contributed by atoms with Gasteiger partial charge in [-0.1, -0.05) is 11.6 Å². The fourth-order valence-corrected chi connectivity index (χ4v) is 2.53. The molecule has 1 N–H and O–H groups in total. The third-order valence-electron chi connectivity index (χ3n) is 2.18. The monoisotopic (exact) mass is 250 g/mol. The van der Waals surface area contributed by atoms with Gasteiger partial charge in [-0.05, 0) is 30.7 Å². The second-order valence-corrected chi connectivity index (χ2v) is 5.00. The standard InChI is InChI=1S/C11H7ClN2OS/c1-6-4-7(5-13)11(15)14-10(6)8-2-3-9(12)16-8/h2-4H,1H3,(H,14,15). The molecule has 0 radical (unpaired) electrons. The van der Waals surface area contributed by atoms with Crippen LogP contribution in [0.1, 0.15) is 11.1 Å². The van der Waals surface area contributed by atoms with E-state index in [4.69, 9.17) is 16.9 Å². The van der Waals surface area contributed by atoms with E-state index in [0.29, 0.717) is 4.34 Å². The molecule has 0 spiro atoms. The molecule has 0 unspecified atom stereocenters. The van der Waals surface area contributed by atoms with Crippen molar-refractivity contribution < 1.29 is 0 Å². The van der Waals surface area contributed by atoms with Gasteiger partial charge in [0, 0.05) is 0 Å². The molecular formula is C11H7ClN2OS. The number of H-pyrrole nitrogens is 1. The van der Waals surface area contributed by atoms with Crippen molar-refractivity contribution in [2.24, 2.45) is 0 Å². The third kappa shape index (κ3) is 1.87. The van der Waals surface area contributed by atoms with Gasteiger partial charge in [0.15, 0.2) is 0 Å². The first-order valence-electron chi connectivity index (χ1n) is 4.51. The van der Waals surface area contributed by atoms with E-state index >= 15 is 0 Å². The molecule has 16 heavy (non-hydrogen) atoms. The van der Waals surface area contributed by atoms with Crippen molar-refractivity contribution in [3.63, 3.8) is 0 Å². The molecule has 3 nitrogen and oxygen atoms in total. The number of aromatic nitrogens is 1. The molecule has 0 saturated heterocycles. The van der Waals surface area contributed by atoms with Crippen LogP contribution >= 0.6 is 22.9 Å². The van der Waals surface area contributed by atoms with Crippen molar-refractivity contribution >= 4 is 22.9 Å². The maximum atomic E-state index is 11.5. The fourth-order valence-electron chi connectivity index (χ4n) is 1.42. The molecular weight excluding hydrogens is 244 g/mol. The van der Waals surface area contributed by atoms with Gasteiger partial charge in [-0.15, -0.1) is 11.3 Å². The normalized spacial score (nSPS) is 10.1. The zero-order valence-corrected chi connectivity index (χ0v) is 9.95. The summed E-state index contributed by atoms with van der Waals surface area (Å²) >= 11 is 7.22. The van der Waals surface area contributed by atoms with Crippen molar-refractivity contribution in [1.82, 2.24) is 4.98 Å². The predicted molar refractivity (Wildman–Crippen MR) is 64.8 cm³/mol. The summed E-state index contributed by atoms with van der Waals surface area (Å²) in [6, 6.07) is 7.06. The number of thiophene rings is 1. The topological polar surface area (TPSA) is 56.6 Å². The van der Waals surface area contributed by atoms with Crippen molar-refractivity contribution in [3.8, 4) is 16.6 Å². The highest BCUT2D eigenvalue weighted by atomic mass is 35.5. The highest BCUT2D eigenvalue weighted by molar-refractivity contribution is 7.19. The second kappa shape index (κ2) is 4.12. The molecule has 80 valence electrons. The number of hydrogen-bond donors (Lipinski definition) is 1. The molecule has 0 aliphatic carbocycles. The van der Waals surface area contributed by atoms with Crippen LogP contribution in [0, 0.1) is 18.3 Å². The summed E-state index contributed by atoms with van der Waals surface area (Å²) in [7, 11) is 0. The lowest BCUT2D eigenvalue weighted by Gasteiger charge is -2.02. The molecule has 0 aliphatic rings. The van der Waals surface area contributed by atoms with Gasteiger partial charge in [0.2, 0.25) is 0 Å². The predicted octanol–water partition coefficient (Wildman–Crippen LogP) is 2.94. The van der Waals surface area contributed by atoms with Gasteiger partial charge >= 0.3 is 0 Å². The summed E-state index contributed by atoms with van der Waals surface area (Å²) in [5.74, 6) is 0. The fraction of sp³-hybridized carbons (Fsp3) is 0.0909. The summed E-state index contributed by atoms with van der Waals surface area (Å²) in [5.41, 5.74) is 1.34. The van der Waals surface area contributed by atoms with Crippen LogP contribution in [0.4, 0.5) is 0 Å². The van der Waals surface area contributed by atoms with Gasteiger partial charge in [0.25, 0.3) is 5.56 Å². The number of halogens is 1. The Bertz CT molecular complexity index is 636. The van der Waals surface area contributed by atoms with Crippen LogP contribution in [-0.4, -0.2) is 4.98 Å². The summed E-state index contributed by atoms with van der Waals surface area (Å²) in [4.78, 5) is 15.1. The van der Waals surface area contributed by atoms with Crippen molar-refractivity contribution in [2.75, 3.05) is 0 Å². The first-order chi connectivity index (χ1) is 7.61. The van der Waals surface area contributed by atoms with Gasteiger partial charge in [0.05, 0.1) is 14.9 Å². The molecule has 0 aliphatic heterocycles. The van der Waals surface area contributed by atoms with E-state index in [1.54, 1.807) is 12.1 Å². The molecule has 2 aromatic rings. The molecule has 0 fully saturated rings. The number of rotatable bonds is 1. The minimum absolute atomic E-state index is 0.129. The van der Waals surface area contributed by atoms with E-state index < -0.39 is 0 Å². The van der Waals surface area contributed by atoms with Crippen molar-refractivity contribution in [2.45, 2.75) is 6.92 Å². The van der Waals surface area contributed by atoms with Crippen molar-refractivity contribution in [1.29, 1.82) is 5.26 Å². The Morgan fingerprint density at radius 3 is 2.81 bits per heavy atom. The first-order valence-corrected chi connectivity index (χ1v) is 5.71. The Kier molecular flexibility index (Phi) is 2.82. The summed E-state index contributed by atoms with van der Waals surface area (Å²) in [6.07, 6.45) is 0. The molecule has 0 saturated carbocycles. The average molecular weight is 251 g/mol. The van der Waals surface area contributed by atoms with Crippen LogP contribution in [0.2, 0.25) is 4.34 Å². The van der Waals surface area contributed by atoms with Crippen LogP contribution in [-0.2, 0) is 0 Å². The number of nitrogens with zero attached hydrogens (tertiary/aromatic N) is 1. The summed E-state index contributed by atoms with van der Waals surface area (Å²) in [5, 5.41) is 8.72. The van der Waals surface area contributed by atoms with Crippen LogP contribution < -0.4 is 5.56 Å². The Hall–Kier alpha value is -1.57. The highest BCUT2D eigenvalue weighted by Crippen LogP contribution is 2.30. The maximum absolute atomic E-state index is 11.5. The Morgan fingerprint density at radius 2 is 2.25 bits per heavy atom. The Labute approximate surface area is 101 Å². The number of aromatic amines is 1. The number of pyridine rings is 1. The zero-order chi connectivity index (χ0) is 11.7. The number of aryl methyl sites for hydroxylation is 1. The zero-order valence-electron chi connectivity index (χ0n) is 8.37. The molecule has 0 amide bonds. The van der Waals surface area contributed by atoms with Gasteiger partial charge < -0.3 is 4.98 Å². The molecule has 5 heteroatoms. The minimum Gasteiger partial charge on any atom is -0.320 e. The van der Waals surface area contributed by atoms with Crippen LogP contribution in [0.5, 0.6) is 0 Å². The minimum atomic E-state index is -0.368. The number of nitriles is 1. The van der Waals surface area contributed by atoms with Crippen LogP contribution in [0.3, 0.4) is 0 Å². The quantitative estimate of drug-likeness (QED) is 0.846. The Balaban J connectivity index is 2.64. The molecule has 0 aromatic carbocycles. The van der Waals surface area contributed by atoms with Crippen LogP contribution in [0.25, 0.3) is 10.6 Å². The van der Waals surface area contributed by atoms with Gasteiger partial charge in [-0.2, -0.15) is 5.26 Å². The smallest absolute Gasteiger partial charge is 0.266 e. The molecule has 0 atom stereocenters. The largest absolute Gasteiger partial charge is 0.320 e. The number of nitrogens with one attached hydrogen (secondary N) is 1. The van der Waals surface area contributed by atoms with Gasteiger partial charge in [-0.25, -0.2) is 0 Å². The van der Waals surface area contributed by atoms with E-state index in [0.717, 1.165) is 16.1 Å². The lowest BCUT2D eigenvalue weighted by Crippen LogP contribution is -2.11. The summed E-state index contributed by atoms with van der Waals surface area (Å²) in [6.45, 7) is 1.85. The Morgan fingerprint density at radius 1 is 1.50 bits per heavy atom. The maximum Gasteiger partial charge on any atom is 0.266 e. The number of hydrogen-bond acceptors (Lipinski definition) is 3. The van der Waals surface area contributed by atoms with E-state index in [1.807, 2.05) is 19.1 Å². The van der Waals surface area contributed by atoms with E-state index in [2.05, 4.69) is 4.98 Å². The molecule has 2 aromatic heterocycles. The molecule has 0 bridgehead atoms. The average Bonchev–Trinajstić information content (AvgIpc) is 2.67. The SMILES string of the molecule is Cc1cc(C#N)c(=O)[nH]c1-c1ccc(Cl)s1.